The van der Waals surface area contributed by atoms with Crippen molar-refractivity contribution in [2.45, 2.75) is 45.5 Å². The summed E-state index contributed by atoms with van der Waals surface area (Å²) in [6, 6.07) is 19.2. The number of carbonyl (C=O) groups is 2. The molecule has 3 rings (SSSR count). The Bertz CT molecular complexity index is 1180. The number of carboxylic acids is 1. The smallest absolute Gasteiger partial charge is 0.475 e. The van der Waals surface area contributed by atoms with E-state index in [1.165, 1.54) is 5.56 Å². The number of aromatic nitrogens is 2. The summed E-state index contributed by atoms with van der Waals surface area (Å²) < 4.78 is 31.7. The average molecular weight is 533 g/mol. The van der Waals surface area contributed by atoms with Gasteiger partial charge in [-0.2, -0.15) is 18.2 Å². The molecular weight excluding hydrogens is 501 g/mol. The minimum atomic E-state index is -5.08. The third kappa shape index (κ3) is 10.8. The van der Waals surface area contributed by atoms with Crippen LogP contribution in [0.4, 0.5) is 30.6 Å². The molecule has 1 amide bonds. The van der Waals surface area contributed by atoms with Gasteiger partial charge >= 0.3 is 12.1 Å². The van der Waals surface area contributed by atoms with Crippen molar-refractivity contribution < 1.29 is 27.9 Å². The number of para-hydroxylation sites is 1. The van der Waals surface area contributed by atoms with Crippen LogP contribution in [0.5, 0.6) is 0 Å². The minimum Gasteiger partial charge on any atom is -0.475 e. The van der Waals surface area contributed by atoms with Crippen molar-refractivity contribution in [3.63, 3.8) is 0 Å². The lowest BCUT2D eigenvalue weighted by atomic mass is 10.1. The van der Waals surface area contributed by atoms with Crippen molar-refractivity contribution in [1.29, 1.82) is 0 Å². The van der Waals surface area contributed by atoms with Crippen LogP contribution in [0.1, 0.15) is 29.7 Å². The SMILES string of the molecule is Cc1ccc(CNC(=O)[C@H](CCCN)Nc2cc(C)nc(Nc3ccccc3)n2)cc1.O=C(O)C(F)(F)F. The number of nitrogens with one attached hydrogen (secondary N) is 3. The van der Waals surface area contributed by atoms with Gasteiger partial charge in [0.15, 0.2) is 0 Å². The van der Waals surface area contributed by atoms with Crippen molar-refractivity contribution in [3.05, 3.63) is 77.5 Å². The second-order valence-electron chi connectivity index (χ2n) is 8.34. The number of carboxylic acid groups (broad SMARTS) is 1. The van der Waals surface area contributed by atoms with Crippen molar-refractivity contribution in [2.24, 2.45) is 5.73 Å². The Kier molecular flexibility index (Phi) is 11.5. The van der Waals surface area contributed by atoms with Crippen LogP contribution in [0.3, 0.4) is 0 Å². The van der Waals surface area contributed by atoms with Gasteiger partial charge in [0.1, 0.15) is 11.9 Å². The number of amides is 1. The third-order valence-corrected chi connectivity index (χ3v) is 5.05. The van der Waals surface area contributed by atoms with Gasteiger partial charge in [-0.25, -0.2) is 9.78 Å². The fraction of sp³-hybridized carbons (Fsp3) is 0.308. The Morgan fingerprint density at radius 1 is 1.03 bits per heavy atom. The standard InChI is InChI=1S/C24H30N6O.C2HF3O2/c1-17-10-12-19(13-11-17)16-26-23(31)21(9-6-14-25)29-22-15-18(2)27-24(30-22)28-20-7-4-3-5-8-20;3-2(4,5)1(6)7/h3-5,7-8,10-13,15,21H,6,9,14,16,25H2,1-2H3,(H,26,31)(H2,27,28,29,30);(H,6,7)/t21-;/m0./s1. The molecule has 0 radical (unpaired) electrons. The molecule has 0 unspecified atom stereocenters. The molecule has 2 aromatic carbocycles. The molecule has 9 nitrogen and oxygen atoms in total. The zero-order valence-electron chi connectivity index (χ0n) is 21.0. The van der Waals surface area contributed by atoms with E-state index in [1.54, 1.807) is 0 Å². The van der Waals surface area contributed by atoms with Gasteiger partial charge in [-0.15, -0.1) is 0 Å². The Hall–Kier alpha value is -4.19. The van der Waals surface area contributed by atoms with E-state index in [1.807, 2.05) is 74.5 Å². The topological polar surface area (TPSA) is 142 Å². The lowest BCUT2D eigenvalue weighted by Crippen LogP contribution is -2.40. The number of alkyl halides is 3. The van der Waals surface area contributed by atoms with E-state index in [2.05, 4.69) is 25.9 Å². The van der Waals surface area contributed by atoms with Crippen molar-refractivity contribution in [1.82, 2.24) is 15.3 Å². The largest absolute Gasteiger partial charge is 0.490 e. The van der Waals surface area contributed by atoms with Gasteiger partial charge in [0, 0.05) is 24.0 Å². The quantitative estimate of drug-likeness (QED) is 0.260. The van der Waals surface area contributed by atoms with E-state index in [-0.39, 0.29) is 5.91 Å². The molecule has 0 saturated heterocycles. The Balaban J connectivity index is 0.000000638. The molecule has 12 heteroatoms. The summed E-state index contributed by atoms with van der Waals surface area (Å²) in [5.74, 6) is -1.76. The zero-order chi connectivity index (χ0) is 28.1. The van der Waals surface area contributed by atoms with E-state index >= 15 is 0 Å². The average Bonchev–Trinajstić information content (AvgIpc) is 2.86. The molecule has 0 spiro atoms. The fourth-order valence-corrected chi connectivity index (χ4v) is 3.14. The summed E-state index contributed by atoms with van der Waals surface area (Å²) in [6.45, 7) is 4.94. The number of aryl methyl sites for hydroxylation is 2. The van der Waals surface area contributed by atoms with Gasteiger partial charge in [-0.3, -0.25) is 4.79 Å². The number of nitrogens with zero attached hydrogens (tertiary/aromatic N) is 2. The van der Waals surface area contributed by atoms with Crippen molar-refractivity contribution >= 4 is 29.3 Å². The summed E-state index contributed by atoms with van der Waals surface area (Å²) in [4.78, 5) is 30.8. The second-order valence-corrected chi connectivity index (χ2v) is 8.34. The maximum absolute atomic E-state index is 12.9. The third-order valence-electron chi connectivity index (χ3n) is 5.05. The molecule has 6 N–H and O–H groups in total. The minimum absolute atomic E-state index is 0.0807. The number of rotatable bonds is 10. The predicted octanol–water partition coefficient (Wildman–Crippen LogP) is 4.31. The molecule has 0 aliphatic carbocycles. The normalized spacial score (nSPS) is 11.5. The maximum atomic E-state index is 12.9. The van der Waals surface area contributed by atoms with Crippen LogP contribution in [0, 0.1) is 13.8 Å². The molecule has 1 atom stereocenters. The number of aliphatic carboxylic acids is 1. The summed E-state index contributed by atoms with van der Waals surface area (Å²) in [5.41, 5.74) is 9.64. The zero-order valence-corrected chi connectivity index (χ0v) is 21.0. The molecule has 38 heavy (non-hydrogen) atoms. The summed E-state index contributed by atoms with van der Waals surface area (Å²) in [5, 5.41) is 16.6. The van der Waals surface area contributed by atoms with Gasteiger partial charge in [-0.1, -0.05) is 48.0 Å². The molecule has 1 heterocycles. The highest BCUT2D eigenvalue weighted by Crippen LogP contribution is 2.17. The highest BCUT2D eigenvalue weighted by atomic mass is 19.4. The summed E-state index contributed by atoms with van der Waals surface area (Å²) >= 11 is 0. The molecule has 1 aromatic heterocycles. The van der Waals surface area contributed by atoms with Crippen LogP contribution < -0.4 is 21.7 Å². The molecule has 0 saturated carbocycles. The van der Waals surface area contributed by atoms with Crippen LogP contribution >= 0.6 is 0 Å². The first-order chi connectivity index (χ1) is 18.0. The van der Waals surface area contributed by atoms with Gasteiger partial charge in [0.2, 0.25) is 11.9 Å². The number of nitrogens with two attached hydrogens (primary N) is 1. The Labute approximate surface area is 218 Å². The first kappa shape index (κ1) is 30.0. The van der Waals surface area contributed by atoms with Gasteiger partial charge in [0.25, 0.3) is 0 Å². The maximum Gasteiger partial charge on any atom is 0.490 e. The van der Waals surface area contributed by atoms with E-state index in [0.29, 0.717) is 31.3 Å². The summed E-state index contributed by atoms with van der Waals surface area (Å²) in [6.07, 6.45) is -3.74. The lowest BCUT2D eigenvalue weighted by Gasteiger charge is -2.19. The molecule has 0 aliphatic heterocycles. The first-order valence-corrected chi connectivity index (χ1v) is 11.8. The van der Waals surface area contributed by atoms with Crippen LogP contribution in [0.25, 0.3) is 0 Å². The Morgan fingerprint density at radius 3 is 2.24 bits per heavy atom. The number of hydrogen-bond donors (Lipinski definition) is 5. The van der Waals surface area contributed by atoms with Crippen LogP contribution in [-0.4, -0.2) is 45.7 Å². The van der Waals surface area contributed by atoms with Crippen molar-refractivity contribution in [2.75, 3.05) is 17.2 Å². The van der Waals surface area contributed by atoms with Crippen LogP contribution in [0.15, 0.2) is 60.7 Å². The number of halogens is 3. The van der Waals surface area contributed by atoms with Crippen LogP contribution in [0.2, 0.25) is 0 Å². The number of anilines is 3. The number of carbonyl (C=O) groups excluding carboxylic acids is 1. The molecule has 0 aliphatic rings. The van der Waals surface area contributed by atoms with E-state index in [4.69, 9.17) is 15.6 Å². The predicted molar refractivity (Wildman–Crippen MR) is 139 cm³/mol. The molecule has 3 aromatic rings. The highest BCUT2D eigenvalue weighted by molar-refractivity contribution is 5.84. The number of hydrogen-bond acceptors (Lipinski definition) is 7. The monoisotopic (exact) mass is 532 g/mol. The van der Waals surface area contributed by atoms with E-state index in [0.717, 1.165) is 23.4 Å². The molecule has 204 valence electrons. The van der Waals surface area contributed by atoms with Gasteiger partial charge < -0.3 is 26.8 Å². The summed E-state index contributed by atoms with van der Waals surface area (Å²) in [7, 11) is 0. The molecule has 0 bridgehead atoms. The highest BCUT2D eigenvalue weighted by Gasteiger charge is 2.38. The molecular formula is C26H31F3N6O3. The lowest BCUT2D eigenvalue weighted by molar-refractivity contribution is -0.192. The first-order valence-electron chi connectivity index (χ1n) is 11.8. The van der Waals surface area contributed by atoms with Gasteiger partial charge in [0.05, 0.1) is 0 Å². The van der Waals surface area contributed by atoms with Gasteiger partial charge in [-0.05, 0) is 50.9 Å². The van der Waals surface area contributed by atoms with Crippen LogP contribution in [-0.2, 0) is 16.1 Å². The van der Waals surface area contributed by atoms with E-state index in [9.17, 15) is 18.0 Å². The molecule has 0 fully saturated rings. The fourth-order valence-electron chi connectivity index (χ4n) is 3.14. The van der Waals surface area contributed by atoms with E-state index < -0.39 is 18.2 Å². The number of benzene rings is 2. The second kappa shape index (κ2) is 14.5. The van der Waals surface area contributed by atoms with Crippen molar-refractivity contribution in [3.8, 4) is 0 Å². The Morgan fingerprint density at radius 2 is 1.66 bits per heavy atom.